The number of nitrogens with zero attached hydrogens (tertiary/aromatic N) is 2. The van der Waals surface area contributed by atoms with E-state index in [0.29, 0.717) is 5.82 Å². The number of carbonyl (C=O) groups excluding carboxylic acids is 1. The average molecular weight is 340 g/mol. The minimum absolute atomic E-state index is 0.0667. The molecule has 2 saturated heterocycles. The number of pyridine rings is 1. The van der Waals surface area contributed by atoms with E-state index in [1.54, 1.807) is 6.07 Å². The van der Waals surface area contributed by atoms with Crippen LogP contribution < -0.4 is 5.32 Å². The van der Waals surface area contributed by atoms with Gasteiger partial charge in [0.1, 0.15) is 5.82 Å². The Morgan fingerprint density at radius 3 is 3.05 bits per heavy atom. The van der Waals surface area contributed by atoms with E-state index in [1.807, 2.05) is 17.9 Å². The number of aromatic nitrogens is 1. The summed E-state index contributed by atoms with van der Waals surface area (Å²) in [4.78, 5) is 18.5. The van der Waals surface area contributed by atoms with Gasteiger partial charge < -0.3 is 9.64 Å². The molecule has 0 aliphatic carbocycles. The van der Waals surface area contributed by atoms with E-state index in [9.17, 15) is 4.79 Å². The molecule has 2 fully saturated rings. The molecular formula is C14H18BrN3O2. The van der Waals surface area contributed by atoms with Crippen molar-refractivity contribution < 1.29 is 9.53 Å². The first-order valence-corrected chi connectivity index (χ1v) is 7.64. The maximum Gasteiger partial charge on any atom is 0.323 e. The van der Waals surface area contributed by atoms with Crippen LogP contribution in [0.3, 0.4) is 0 Å². The van der Waals surface area contributed by atoms with Gasteiger partial charge in [0.2, 0.25) is 0 Å². The first-order chi connectivity index (χ1) is 9.58. The molecule has 1 spiro atoms. The van der Waals surface area contributed by atoms with Gasteiger partial charge in [-0.25, -0.2) is 9.78 Å². The molecule has 1 aromatic heterocycles. The van der Waals surface area contributed by atoms with Gasteiger partial charge in [-0.3, -0.25) is 5.32 Å². The van der Waals surface area contributed by atoms with Gasteiger partial charge >= 0.3 is 6.03 Å². The molecule has 1 atom stereocenters. The summed E-state index contributed by atoms with van der Waals surface area (Å²) in [6, 6.07) is 3.64. The number of urea groups is 1. The topological polar surface area (TPSA) is 54.5 Å². The minimum atomic E-state index is -0.0667. The zero-order valence-electron chi connectivity index (χ0n) is 11.5. The Morgan fingerprint density at radius 1 is 1.50 bits per heavy atom. The number of anilines is 1. The highest BCUT2D eigenvalue weighted by Gasteiger charge is 2.42. The standard InChI is InChI=1S/C14H18BrN3O2/c1-10-11(15)2-3-12(16-10)17-13(19)18-6-4-14(8-18)5-7-20-9-14/h2-3H,4-9H2,1H3,(H,16,17,19)/t14-/m1/s1. The van der Waals surface area contributed by atoms with E-state index in [-0.39, 0.29) is 11.4 Å². The Balaban J connectivity index is 1.63. The van der Waals surface area contributed by atoms with Crippen molar-refractivity contribution in [2.75, 3.05) is 31.6 Å². The molecule has 3 rings (SSSR count). The fraction of sp³-hybridized carbons (Fsp3) is 0.571. The van der Waals surface area contributed by atoms with Gasteiger partial charge in [0.05, 0.1) is 12.3 Å². The molecular weight excluding hydrogens is 322 g/mol. The third kappa shape index (κ3) is 2.67. The van der Waals surface area contributed by atoms with Crippen LogP contribution in [0.15, 0.2) is 16.6 Å². The molecule has 2 amide bonds. The molecule has 3 heterocycles. The predicted molar refractivity (Wildman–Crippen MR) is 79.8 cm³/mol. The molecule has 0 saturated carbocycles. The van der Waals surface area contributed by atoms with Gasteiger partial charge in [-0.2, -0.15) is 0 Å². The molecule has 1 N–H and O–H groups in total. The van der Waals surface area contributed by atoms with E-state index in [2.05, 4.69) is 26.2 Å². The normalized spacial score (nSPS) is 25.4. The molecule has 5 nitrogen and oxygen atoms in total. The third-order valence-electron chi connectivity index (χ3n) is 4.17. The Bertz CT molecular complexity index is 529. The lowest BCUT2D eigenvalue weighted by atomic mass is 9.87. The van der Waals surface area contributed by atoms with Crippen molar-refractivity contribution in [2.45, 2.75) is 19.8 Å². The van der Waals surface area contributed by atoms with Crippen LogP contribution in [-0.2, 0) is 4.74 Å². The molecule has 6 heteroatoms. The molecule has 108 valence electrons. The monoisotopic (exact) mass is 339 g/mol. The zero-order chi connectivity index (χ0) is 14.2. The maximum atomic E-state index is 12.3. The summed E-state index contributed by atoms with van der Waals surface area (Å²) in [6.45, 7) is 5.09. The number of aryl methyl sites for hydroxylation is 1. The first-order valence-electron chi connectivity index (χ1n) is 6.85. The zero-order valence-corrected chi connectivity index (χ0v) is 13.1. The highest BCUT2D eigenvalue weighted by Crippen LogP contribution is 2.38. The van der Waals surface area contributed by atoms with E-state index < -0.39 is 0 Å². The fourth-order valence-corrected chi connectivity index (χ4v) is 3.10. The largest absolute Gasteiger partial charge is 0.381 e. The van der Waals surface area contributed by atoms with Gasteiger partial charge in [0, 0.05) is 29.6 Å². The quantitative estimate of drug-likeness (QED) is 0.855. The lowest BCUT2D eigenvalue weighted by molar-refractivity contribution is 0.154. The van der Waals surface area contributed by atoms with Crippen molar-refractivity contribution in [2.24, 2.45) is 5.41 Å². The molecule has 2 aliphatic rings. The van der Waals surface area contributed by atoms with Crippen LogP contribution in [-0.4, -0.2) is 42.2 Å². The van der Waals surface area contributed by atoms with Gasteiger partial charge in [-0.15, -0.1) is 0 Å². The number of rotatable bonds is 1. The van der Waals surface area contributed by atoms with E-state index in [1.165, 1.54) is 0 Å². The molecule has 0 bridgehead atoms. The number of nitrogens with one attached hydrogen (secondary N) is 1. The second-order valence-electron chi connectivity index (χ2n) is 5.67. The first kappa shape index (κ1) is 13.8. The van der Waals surface area contributed by atoms with Crippen molar-refractivity contribution in [1.82, 2.24) is 9.88 Å². The van der Waals surface area contributed by atoms with Crippen molar-refractivity contribution in [3.05, 3.63) is 22.3 Å². The van der Waals surface area contributed by atoms with Crippen LogP contribution in [0, 0.1) is 12.3 Å². The number of carbonyl (C=O) groups is 1. The number of likely N-dealkylation sites (tertiary alicyclic amines) is 1. The number of hydrogen-bond acceptors (Lipinski definition) is 3. The number of amides is 2. The average Bonchev–Trinajstić information content (AvgIpc) is 3.05. The number of hydrogen-bond donors (Lipinski definition) is 1. The molecule has 20 heavy (non-hydrogen) atoms. The summed E-state index contributed by atoms with van der Waals surface area (Å²) >= 11 is 3.40. The Labute approximate surface area is 126 Å². The summed E-state index contributed by atoms with van der Waals surface area (Å²) in [5.74, 6) is 0.597. The summed E-state index contributed by atoms with van der Waals surface area (Å²) in [5.41, 5.74) is 1.06. The lowest BCUT2D eigenvalue weighted by Gasteiger charge is -2.22. The molecule has 2 aliphatic heterocycles. The highest BCUT2D eigenvalue weighted by atomic mass is 79.9. The summed E-state index contributed by atoms with van der Waals surface area (Å²) in [5, 5.41) is 2.87. The highest BCUT2D eigenvalue weighted by molar-refractivity contribution is 9.10. The van der Waals surface area contributed by atoms with Crippen LogP contribution in [0.25, 0.3) is 0 Å². The van der Waals surface area contributed by atoms with Crippen molar-refractivity contribution in [3.8, 4) is 0 Å². The van der Waals surface area contributed by atoms with Gasteiger partial charge in [-0.1, -0.05) is 0 Å². The van der Waals surface area contributed by atoms with Crippen LogP contribution in [0.5, 0.6) is 0 Å². The summed E-state index contributed by atoms with van der Waals surface area (Å²) < 4.78 is 6.42. The maximum absolute atomic E-state index is 12.3. The molecule has 1 aromatic rings. The second kappa shape index (κ2) is 5.33. The van der Waals surface area contributed by atoms with Gasteiger partial charge in [-0.05, 0) is 47.8 Å². The van der Waals surface area contributed by atoms with Gasteiger partial charge in [0.25, 0.3) is 0 Å². The number of ether oxygens (including phenoxy) is 1. The van der Waals surface area contributed by atoms with Crippen molar-refractivity contribution >= 4 is 27.8 Å². The molecule has 0 unspecified atom stereocenters. The SMILES string of the molecule is Cc1nc(NC(=O)N2CC[C@@]3(CCOC3)C2)ccc1Br. The number of halogens is 1. The lowest BCUT2D eigenvalue weighted by Crippen LogP contribution is -2.35. The smallest absolute Gasteiger partial charge is 0.323 e. The minimum Gasteiger partial charge on any atom is -0.381 e. The Hall–Kier alpha value is -1.14. The van der Waals surface area contributed by atoms with E-state index in [0.717, 1.165) is 49.3 Å². The van der Waals surface area contributed by atoms with Crippen LogP contribution in [0.1, 0.15) is 18.5 Å². The van der Waals surface area contributed by atoms with Crippen LogP contribution in [0.2, 0.25) is 0 Å². The van der Waals surface area contributed by atoms with Crippen molar-refractivity contribution in [3.63, 3.8) is 0 Å². The molecule has 0 aromatic carbocycles. The van der Waals surface area contributed by atoms with Crippen molar-refractivity contribution in [1.29, 1.82) is 0 Å². The predicted octanol–water partition coefficient (Wildman–Crippen LogP) is 2.80. The van der Waals surface area contributed by atoms with E-state index in [4.69, 9.17) is 4.74 Å². The Morgan fingerprint density at radius 2 is 2.35 bits per heavy atom. The second-order valence-corrected chi connectivity index (χ2v) is 6.52. The third-order valence-corrected chi connectivity index (χ3v) is 5.00. The van der Waals surface area contributed by atoms with Crippen LogP contribution >= 0.6 is 15.9 Å². The van der Waals surface area contributed by atoms with E-state index >= 15 is 0 Å². The molecule has 0 radical (unpaired) electrons. The fourth-order valence-electron chi connectivity index (χ4n) is 2.88. The van der Waals surface area contributed by atoms with Gasteiger partial charge in [0.15, 0.2) is 0 Å². The van der Waals surface area contributed by atoms with Crippen LogP contribution in [0.4, 0.5) is 10.6 Å². The summed E-state index contributed by atoms with van der Waals surface area (Å²) in [7, 11) is 0. The Kier molecular flexibility index (Phi) is 3.69. The summed E-state index contributed by atoms with van der Waals surface area (Å²) in [6.07, 6.45) is 2.10.